The van der Waals surface area contributed by atoms with Gasteiger partial charge in [-0.05, 0) is 35.7 Å². The van der Waals surface area contributed by atoms with Crippen LogP contribution >= 0.6 is 0 Å². The summed E-state index contributed by atoms with van der Waals surface area (Å²) in [5.74, 6) is 0. The minimum atomic E-state index is -0.706. The Balaban J connectivity index is 0.000000807. The van der Waals surface area contributed by atoms with Gasteiger partial charge in [-0.1, -0.05) is 64.1 Å². The van der Waals surface area contributed by atoms with Crippen molar-refractivity contribution in [1.29, 1.82) is 0 Å². The monoisotopic (exact) mass is 418 g/mol. The van der Waals surface area contributed by atoms with Gasteiger partial charge in [0.25, 0.3) is 5.56 Å². The molecule has 0 fully saturated rings. The predicted octanol–water partition coefficient (Wildman–Crippen LogP) is 5.21. The fraction of sp³-hybridized carbons (Fsp3) is 0.308. The third-order valence-electron chi connectivity index (χ3n) is 5.28. The Morgan fingerprint density at radius 3 is 2.16 bits per heavy atom. The summed E-state index contributed by atoms with van der Waals surface area (Å²) in [6.07, 6.45) is 3.55. The number of fused-ring (bicyclic) bond motifs is 1. The topological polar surface area (TPSA) is 65.8 Å². The molecule has 31 heavy (non-hydrogen) atoms. The number of imidazole rings is 1. The number of benzene rings is 2. The van der Waals surface area contributed by atoms with Gasteiger partial charge >= 0.3 is 0 Å². The fourth-order valence-corrected chi connectivity index (χ4v) is 3.65. The van der Waals surface area contributed by atoms with E-state index in [-0.39, 0.29) is 5.56 Å². The van der Waals surface area contributed by atoms with Gasteiger partial charge in [0.15, 0.2) is 0 Å². The molecular weight excluding hydrogens is 384 g/mol. The van der Waals surface area contributed by atoms with Crippen LogP contribution in [0, 0.1) is 0 Å². The van der Waals surface area contributed by atoms with Crippen molar-refractivity contribution in [1.82, 2.24) is 14.1 Å². The molecule has 0 bridgehead atoms. The molecule has 0 radical (unpaired) electrons. The molecule has 0 saturated carbocycles. The van der Waals surface area contributed by atoms with Crippen molar-refractivity contribution in [2.75, 3.05) is 0 Å². The molecule has 2 N–H and O–H groups in total. The average molecular weight is 419 g/mol. The number of nitrogens with two attached hydrogens (primary N) is 1. The summed E-state index contributed by atoms with van der Waals surface area (Å²) in [5, 5.41) is 1.000. The first-order valence-corrected chi connectivity index (χ1v) is 10.8. The molecular formula is C26H34N4O. The Bertz CT molecular complexity index is 1190. The zero-order valence-corrected chi connectivity index (χ0v) is 19.7. The van der Waals surface area contributed by atoms with Gasteiger partial charge in [-0.15, -0.1) is 0 Å². The Labute approximate surface area is 185 Å². The van der Waals surface area contributed by atoms with Crippen LogP contribution in [-0.2, 0) is 19.6 Å². The molecule has 4 aromatic rings. The second kappa shape index (κ2) is 10.2. The van der Waals surface area contributed by atoms with Crippen LogP contribution in [0.25, 0.3) is 22.0 Å². The van der Waals surface area contributed by atoms with Crippen molar-refractivity contribution >= 4 is 10.9 Å². The van der Waals surface area contributed by atoms with E-state index in [0.29, 0.717) is 0 Å². The standard InChI is InChI=1S/C22H22N4O.2C2H6/c1-22(23,20-13-24-14-25(20)2)16-9-10-19-18(11-16)17(12-21(27)26(19)3)15-7-5-4-6-8-15;2*1-2/h4-14H,23H2,1-3H3;2*1-2H3. The summed E-state index contributed by atoms with van der Waals surface area (Å²) in [6.45, 7) is 9.98. The lowest BCUT2D eigenvalue weighted by Gasteiger charge is -2.26. The highest BCUT2D eigenvalue weighted by atomic mass is 16.1. The maximum atomic E-state index is 12.5. The van der Waals surface area contributed by atoms with E-state index in [0.717, 1.165) is 33.3 Å². The van der Waals surface area contributed by atoms with Gasteiger partial charge in [0.05, 0.1) is 29.3 Å². The lowest BCUT2D eigenvalue weighted by atomic mass is 9.87. The molecule has 0 spiro atoms. The van der Waals surface area contributed by atoms with Crippen molar-refractivity contribution in [2.24, 2.45) is 19.8 Å². The van der Waals surface area contributed by atoms with Crippen LogP contribution in [-0.4, -0.2) is 14.1 Å². The van der Waals surface area contributed by atoms with Crippen LogP contribution < -0.4 is 11.3 Å². The molecule has 5 heteroatoms. The Morgan fingerprint density at radius 1 is 0.935 bits per heavy atom. The van der Waals surface area contributed by atoms with E-state index in [9.17, 15) is 4.79 Å². The summed E-state index contributed by atoms with van der Waals surface area (Å²) in [4.78, 5) is 16.7. The molecule has 0 aliphatic heterocycles. The summed E-state index contributed by atoms with van der Waals surface area (Å²) < 4.78 is 3.60. The molecule has 2 heterocycles. The quantitative estimate of drug-likeness (QED) is 0.496. The molecule has 2 aromatic carbocycles. The second-order valence-corrected chi connectivity index (χ2v) is 7.15. The molecule has 1 unspecified atom stereocenters. The van der Waals surface area contributed by atoms with Crippen molar-refractivity contribution in [3.05, 3.63) is 88.7 Å². The van der Waals surface area contributed by atoms with Gasteiger partial charge < -0.3 is 14.9 Å². The van der Waals surface area contributed by atoms with E-state index in [1.165, 1.54) is 0 Å². The Kier molecular flexibility index (Phi) is 7.95. The van der Waals surface area contributed by atoms with Crippen molar-refractivity contribution < 1.29 is 0 Å². The van der Waals surface area contributed by atoms with Crippen LogP contribution in [0.3, 0.4) is 0 Å². The smallest absolute Gasteiger partial charge is 0.251 e. The molecule has 0 saturated heterocycles. The Morgan fingerprint density at radius 2 is 1.58 bits per heavy atom. The van der Waals surface area contributed by atoms with Crippen molar-refractivity contribution in [3.63, 3.8) is 0 Å². The van der Waals surface area contributed by atoms with Gasteiger partial charge in [-0.2, -0.15) is 0 Å². The van der Waals surface area contributed by atoms with Gasteiger partial charge in [-0.25, -0.2) is 4.98 Å². The lowest BCUT2D eigenvalue weighted by Crippen LogP contribution is -2.36. The highest BCUT2D eigenvalue weighted by molar-refractivity contribution is 5.95. The molecule has 0 aliphatic rings. The van der Waals surface area contributed by atoms with Crippen LogP contribution in [0.1, 0.15) is 45.9 Å². The highest BCUT2D eigenvalue weighted by Gasteiger charge is 2.27. The van der Waals surface area contributed by atoms with Gasteiger partial charge in [0, 0.05) is 25.5 Å². The summed E-state index contributed by atoms with van der Waals surface area (Å²) in [7, 11) is 3.73. The third kappa shape index (κ3) is 4.62. The fourth-order valence-electron chi connectivity index (χ4n) is 3.65. The average Bonchev–Trinajstić information content (AvgIpc) is 3.26. The Hall–Kier alpha value is -3.18. The number of rotatable bonds is 3. The third-order valence-corrected chi connectivity index (χ3v) is 5.28. The number of aromatic nitrogens is 3. The number of nitrogens with zero attached hydrogens (tertiary/aromatic N) is 3. The van der Waals surface area contributed by atoms with Crippen LogP contribution in [0.5, 0.6) is 0 Å². The summed E-state index contributed by atoms with van der Waals surface area (Å²) >= 11 is 0. The minimum absolute atomic E-state index is 0.0313. The largest absolute Gasteiger partial charge is 0.336 e. The number of pyridine rings is 1. The molecule has 164 valence electrons. The molecule has 0 amide bonds. The maximum Gasteiger partial charge on any atom is 0.251 e. The summed E-state index contributed by atoms with van der Waals surface area (Å²) in [6, 6.07) is 17.7. The highest BCUT2D eigenvalue weighted by Crippen LogP contribution is 2.32. The summed E-state index contributed by atoms with van der Waals surface area (Å²) in [5.41, 5.74) is 10.7. The van der Waals surface area contributed by atoms with E-state index >= 15 is 0 Å². The van der Waals surface area contributed by atoms with Crippen LogP contribution in [0.15, 0.2) is 71.9 Å². The number of hydrogen-bond donors (Lipinski definition) is 1. The van der Waals surface area contributed by atoms with E-state index in [1.54, 1.807) is 30.2 Å². The van der Waals surface area contributed by atoms with E-state index in [4.69, 9.17) is 5.73 Å². The first kappa shape index (κ1) is 24.1. The zero-order chi connectivity index (χ0) is 23.2. The molecule has 5 nitrogen and oxygen atoms in total. The van der Waals surface area contributed by atoms with Gasteiger partial charge in [-0.3, -0.25) is 4.79 Å². The first-order valence-electron chi connectivity index (χ1n) is 10.8. The molecule has 2 aromatic heterocycles. The van der Waals surface area contributed by atoms with Crippen molar-refractivity contribution in [2.45, 2.75) is 40.2 Å². The molecule has 1 atom stereocenters. The second-order valence-electron chi connectivity index (χ2n) is 7.15. The van der Waals surface area contributed by atoms with Gasteiger partial charge in [0.1, 0.15) is 0 Å². The van der Waals surface area contributed by atoms with E-state index in [2.05, 4.69) is 11.1 Å². The van der Waals surface area contributed by atoms with Gasteiger partial charge in [0.2, 0.25) is 0 Å². The number of hydrogen-bond acceptors (Lipinski definition) is 3. The first-order chi connectivity index (χ1) is 14.9. The SMILES string of the molecule is CC.CC.Cn1cncc1C(C)(N)c1ccc2c(c1)c(-c1ccccc1)cc(=O)n2C. The maximum absolute atomic E-state index is 12.5. The normalized spacial score (nSPS) is 12.3. The zero-order valence-electron chi connectivity index (χ0n) is 19.7. The lowest BCUT2D eigenvalue weighted by molar-refractivity contribution is 0.555. The van der Waals surface area contributed by atoms with E-state index < -0.39 is 5.54 Å². The van der Waals surface area contributed by atoms with Crippen LogP contribution in [0.2, 0.25) is 0 Å². The van der Waals surface area contributed by atoms with Crippen LogP contribution in [0.4, 0.5) is 0 Å². The predicted molar refractivity (Wildman–Crippen MR) is 131 cm³/mol. The molecule has 4 rings (SSSR count). The molecule has 0 aliphatic carbocycles. The number of aryl methyl sites for hydroxylation is 2. The van der Waals surface area contributed by atoms with E-state index in [1.807, 2.05) is 88.7 Å². The minimum Gasteiger partial charge on any atom is -0.336 e. The van der Waals surface area contributed by atoms with Crippen molar-refractivity contribution in [3.8, 4) is 11.1 Å².